The Morgan fingerprint density at radius 2 is 1.53 bits per heavy atom. The molecule has 0 aliphatic carbocycles. The van der Waals surface area contributed by atoms with E-state index in [2.05, 4.69) is 22.7 Å². The summed E-state index contributed by atoms with van der Waals surface area (Å²) in [5, 5.41) is 3.88. The zero-order valence-corrected chi connectivity index (χ0v) is 10.2. The van der Waals surface area contributed by atoms with E-state index in [4.69, 9.17) is 4.74 Å². The smallest absolute Gasteiger partial charge is 0.278 e. The predicted molar refractivity (Wildman–Crippen MR) is 72.5 cm³/mol. The van der Waals surface area contributed by atoms with Crippen molar-refractivity contribution in [3.05, 3.63) is 60.2 Å². The van der Waals surface area contributed by atoms with E-state index in [1.54, 1.807) is 0 Å². The Bertz CT molecular complexity index is 618. The van der Waals surface area contributed by atoms with Crippen LogP contribution in [0.4, 0.5) is 0 Å². The number of carbonyl (C=O) groups excluding carboxylic acids is 1. The fourth-order valence-corrected chi connectivity index (χ4v) is 1.90. The van der Waals surface area contributed by atoms with Crippen LogP contribution in [0.3, 0.4) is 0 Å². The van der Waals surface area contributed by atoms with Crippen molar-refractivity contribution in [2.75, 3.05) is 6.61 Å². The molecule has 1 heterocycles. The van der Waals surface area contributed by atoms with Gasteiger partial charge in [-0.05, 0) is 23.3 Å². The molecule has 0 spiro atoms. The lowest BCUT2D eigenvalue weighted by Gasteiger charge is -2.13. The maximum atomic E-state index is 10.9. The lowest BCUT2D eigenvalue weighted by Crippen LogP contribution is -2.32. The first kappa shape index (κ1) is 11.5. The summed E-state index contributed by atoms with van der Waals surface area (Å²) in [6, 6.07) is 18.0. The molecule has 0 saturated heterocycles. The summed E-state index contributed by atoms with van der Waals surface area (Å²) in [4.78, 5) is 10.9. The van der Waals surface area contributed by atoms with E-state index < -0.39 is 0 Å². The van der Waals surface area contributed by atoms with Crippen LogP contribution in [0.25, 0.3) is 11.1 Å². The summed E-state index contributed by atoms with van der Waals surface area (Å²) >= 11 is 0. The lowest BCUT2D eigenvalue weighted by atomic mass is 10.0. The Morgan fingerprint density at radius 3 is 2.16 bits per heavy atom. The predicted octanol–water partition coefficient (Wildman–Crippen LogP) is 2.16. The summed E-state index contributed by atoms with van der Waals surface area (Å²) in [7, 11) is 0. The molecule has 4 heteroatoms. The first-order valence-electron chi connectivity index (χ1n) is 5.98. The Hall–Kier alpha value is -2.62. The van der Waals surface area contributed by atoms with E-state index in [0.717, 1.165) is 16.7 Å². The van der Waals surface area contributed by atoms with Gasteiger partial charge in [0.25, 0.3) is 5.91 Å². The molecule has 94 valence electrons. The molecule has 19 heavy (non-hydrogen) atoms. The van der Waals surface area contributed by atoms with Crippen molar-refractivity contribution >= 4 is 11.8 Å². The van der Waals surface area contributed by atoms with Crippen molar-refractivity contribution in [1.29, 1.82) is 0 Å². The number of ether oxygens (including phenoxy) is 1. The third-order valence-corrected chi connectivity index (χ3v) is 2.86. The molecule has 0 fully saturated rings. The molecule has 1 aliphatic heterocycles. The molecular weight excluding hydrogens is 240 g/mol. The molecule has 0 unspecified atom stereocenters. The number of hydrazone groups is 1. The maximum Gasteiger partial charge on any atom is 0.278 e. The van der Waals surface area contributed by atoms with Gasteiger partial charge in [0, 0.05) is 5.56 Å². The zero-order valence-electron chi connectivity index (χ0n) is 10.2. The zero-order chi connectivity index (χ0) is 13.1. The van der Waals surface area contributed by atoms with Crippen molar-refractivity contribution in [2.24, 2.45) is 5.10 Å². The van der Waals surface area contributed by atoms with Gasteiger partial charge in [0.2, 0.25) is 5.90 Å². The van der Waals surface area contributed by atoms with Crippen molar-refractivity contribution in [3.63, 3.8) is 0 Å². The molecule has 0 saturated carbocycles. The fourth-order valence-electron chi connectivity index (χ4n) is 1.90. The van der Waals surface area contributed by atoms with Gasteiger partial charge in [-0.15, -0.1) is 5.10 Å². The van der Waals surface area contributed by atoms with Gasteiger partial charge in [-0.3, -0.25) is 4.79 Å². The van der Waals surface area contributed by atoms with Crippen LogP contribution >= 0.6 is 0 Å². The number of amides is 1. The van der Waals surface area contributed by atoms with Crippen LogP contribution in [-0.4, -0.2) is 18.4 Å². The van der Waals surface area contributed by atoms with E-state index in [9.17, 15) is 4.79 Å². The number of hydrogen-bond acceptors (Lipinski definition) is 3. The highest BCUT2D eigenvalue weighted by atomic mass is 16.5. The number of nitrogens with one attached hydrogen (secondary N) is 1. The van der Waals surface area contributed by atoms with Gasteiger partial charge >= 0.3 is 0 Å². The van der Waals surface area contributed by atoms with Crippen molar-refractivity contribution in [3.8, 4) is 11.1 Å². The minimum atomic E-state index is -0.232. The van der Waals surface area contributed by atoms with E-state index in [1.165, 1.54) is 0 Å². The van der Waals surface area contributed by atoms with Gasteiger partial charge in [-0.25, -0.2) is 5.43 Å². The Balaban J connectivity index is 1.85. The normalized spacial score (nSPS) is 14.3. The second-order valence-corrected chi connectivity index (χ2v) is 4.18. The standard InChI is InChI=1S/C15H12N2O2/c18-14-10-19-15(17-16-14)13-8-6-12(7-9-13)11-4-2-1-3-5-11/h1-9H,10H2,(H,16,18). The summed E-state index contributed by atoms with van der Waals surface area (Å²) in [5.41, 5.74) is 5.54. The molecule has 0 radical (unpaired) electrons. The SMILES string of the molecule is O=C1COC(c2ccc(-c3ccccc3)cc2)=NN1. The maximum absolute atomic E-state index is 10.9. The molecule has 0 atom stereocenters. The number of benzene rings is 2. The minimum Gasteiger partial charge on any atom is -0.466 e. The van der Waals surface area contributed by atoms with Gasteiger partial charge in [0.05, 0.1) is 0 Å². The average Bonchev–Trinajstić information content (AvgIpc) is 2.49. The van der Waals surface area contributed by atoms with Crippen LogP contribution in [0.1, 0.15) is 5.56 Å². The highest BCUT2D eigenvalue weighted by Gasteiger charge is 2.13. The Morgan fingerprint density at radius 1 is 0.895 bits per heavy atom. The number of hydrogen-bond donors (Lipinski definition) is 1. The van der Waals surface area contributed by atoms with E-state index >= 15 is 0 Å². The topological polar surface area (TPSA) is 50.7 Å². The quantitative estimate of drug-likeness (QED) is 0.890. The van der Waals surface area contributed by atoms with Crippen LogP contribution in [-0.2, 0) is 9.53 Å². The second kappa shape index (κ2) is 4.94. The monoisotopic (exact) mass is 252 g/mol. The van der Waals surface area contributed by atoms with E-state index in [-0.39, 0.29) is 12.5 Å². The third-order valence-electron chi connectivity index (χ3n) is 2.86. The molecule has 0 aromatic heterocycles. The highest BCUT2D eigenvalue weighted by Crippen LogP contribution is 2.19. The van der Waals surface area contributed by atoms with Gasteiger partial charge < -0.3 is 4.74 Å². The number of carbonyl (C=O) groups is 1. The van der Waals surface area contributed by atoms with Crippen molar-refractivity contribution in [1.82, 2.24) is 5.43 Å². The van der Waals surface area contributed by atoms with Crippen LogP contribution in [0.2, 0.25) is 0 Å². The molecular formula is C15H12N2O2. The van der Waals surface area contributed by atoms with Crippen molar-refractivity contribution in [2.45, 2.75) is 0 Å². The molecule has 0 bridgehead atoms. The fraction of sp³-hybridized carbons (Fsp3) is 0.0667. The summed E-state index contributed by atoms with van der Waals surface area (Å²) in [5.74, 6) is 0.212. The van der Waals surface area contributed by atoms with Crippen LogP contribution in [0.5, 0.6) is 0 Å². The largest absolute Gasteiger partial charge is 0.466 e. The van der Waals surface area contributed by atoms with Crippen LogP contribution in [0, 0.1) is 0 Å². The van der Waals surface area contributed by atoms with E-state index in [0.29, 0.717) is 5.90 Å². The molecule has 4 nitrogen and oxygen atoms in total. The second-order valence-electron chi connectivity index (χ2n) is 4.18. The summed E-state index contributed by atoms with van der Waals surface area (Å²) in [6.45, 7) is 0.0132. The van der Waals surface area contributed by atoms with Crippen molar-refractivity contribution < 1.29 is 9.53 Å². The molecule has 1 amide bonds. The molecule has 1 N–H and O–H groups in total. The minimum absolute atomic E-state index is 0.0132. The van der Waals surface area contributed by atoms with Gasteiger partial charge in [-0.1, -0.05) is 42.5 Å². The Kier molecular flexibility index (Phi) is 2.98. The molecule has 2 aromatic carbocycles. The Labute approximate surface area is 110 Å². The van der Waals surface area contributed by atoms with E-state index in [1.807, 2.05) is 42.5 Å². The first-order chi connectivity index (χ1) is 9.33. The lowest BCUT2D eigenvalue weighted by molar-refractivity contribution is -0.124. The van der Waals surface area contributed by atoms with Gasteiger partial charge in [-0.2, -0.15) is 0 Å². The number of rotatable bonds is 2. The van der Waals surface area contributed by atoms with Crippen LogP contribution < -0.4 is 5.43 Å². The molecule has 2 aromatic rings. The van der Waals surface area contributed by atoms with Gasteiger partial charge in [0.1, 0.15) is 0 Å². The highest BCUT2D eigenvalue weighted by molar-refractivity contribution is 5.98. The average molecular weight is 252 g/mol. The first-order valence-corrected chi connectivity index (χ1v) is 5.98. The molecule has 1 aliphatic rings. The van der Waals surface area contributed by atoms with Gasteiger partial charge in [0.15, 0.2) is 6.61 Å². The summed E-state index contributed by atoms with van der Waals surface area (Å²) in [6.07, 6.45) is 0. The van der Waals surface area contributed by atoms with Crippen LogP contribution in [0.15, 0.2) is 59.7 Å². The summed E-state index contributed by atoms with van der Waals surface area (Å²) < 4.78 is 5.26. The number of nitrogens with zero attached hydrogens (tertiary/aromatic N) is 1. The third kappa shape index (κ3) is 2.47. The molecule has 3 rings (SSSR count).